The fourth-order valence-corrected chi connectivity index (χ4v) is 4.96. The van der Waals surface area contributed by atoms with Crippen LogP contribution in [0.25, 0.3) is 21.9 Å². The number of rotatable bonds is 13. The third-order valence-corrected chi connectivity index (χ3v) is 7.36. The van der Waals surface area contributed by atoms with Crippen molar-refractivity contribution in [2.45, 2.75) is 70.6 Å². The molecule has 2 aromatic heterocycles. The summed E-state index contributed by atoms with van der Waals surface area (Å²) >= 11 is 0. The van der Waals surface area contributed by atoms with Crippen molar-refractivity contribution in [1.29, 1.82) is 0 Å². The molecule has 41 heavy (non-hydrogen) atoms. The van der Waals surface area contributed by atoms with E-state index in [1.807, 2.05) is 48.5 Å². The van der Waals surface area contributed by atoms with Gasteiger partial charge in [0.15, 0.2) is 5.82 Å². The number of nitrogens with two attached hydrogens (primary N) is 1. The molecule has 0 radical (unpaired) electrons. The fraction of sp³-hybridized carbons (Fsp3) is 0.433. The van der Waals surface area contributed by atoms with Gasteiger partial charge in [0.1, 0.15) is 35.8 Å². The van der Waals surface area contributed by atoms with E-state index in [0.29, 0.717) is 17.9 Å². The highest BCUT2D eigenvalue weighted by molar-refractivity contribution is 6.06. The molecule has 1 unspecified atom stereocenters. The molecule has 4 atom stereocenters. The van der Waals surface area contributed by atoms with Gasteiger partial charge in [-0.2, -0.15) is 0 Å². The third-order valence-electron chi connectivity index (χ3n) is 7.36. The molecular formula is C30H39N5O6. The van der Waals surface area contributed by atoms with E-state index in [9.17, 15) is 25.2 Å². The Labute approximate surface area is 238 Å². The molecule has 2 heterocycles. The number of unbranched alkanes of at least 4 members (excludes halogenated alkanes) is 1. The highest BCUT2D eigenvalue weighted by Crippen LogP contribution is 2.30. The molecule has 0 spiro atoms. The van der Waals surface area contributed by atoms with Crippen LogP contribution in [-0.2, 0) is 24.3 Å². The number of aliphatic hydroxyl groups excluding tert-OH is 5. The van der Waals surface area contributed by atoms with Crippen LogP contribution in [0, 0.1) is 0 Å². The number of nitrogen functional groups attached to an aromatic ring is 1. The van der Waals surface area contributed by atoms with Gasteiger partial charge < -0.3 is 40.7 Å². The van der Waals surface area contributed by atoms with E-state index in [0.717, 1.165) is 52.6 Å². The quantitative estimate of drug-likeness (QED) is 0.140. The Balaban J connectivity index is 1.56. The van der Waals surface area contributed by atoms with Crippen molar-refractivity contribution in [3.63, 3.8) is 0 Å². The number of pyridine rings is 1. The maximum atomic E-state index is 12.3. The van der Waals surface area contributed by atoms with E-state index in [1.165, 1.54) is 11.8 Å². The molecule has 0 saturated heterocycles. The molecule has 0 aliphatic heterocycles. The van der Waals surface area contributed by atoms with E-state index in [4.69, 9.17) is 15.8 Å². The van der Waals surface area contributed by atoms with Gasteiger partial charge in [-0.3, -0.25) is 4.79 Å². The van der Waals surface area contributed by atoms with Crippen LogP contribution in [0.3, 0.4) is 0 Å². The zero-order valence-corrected chi connectivity index (χ0v) is 23.4. The summed E-state index contributed by atoms with van der Waals surface area (Å²) in [5.41, 5.74) is 10.6. The minimum absolute atomic E-state index is 0.167. The molecule has 1 amide bonds. The number of nitrogens with zero attached hydrogens (tertiary/aromatic N) is 4. The standard InChI is InChI=1S/C30H39N5O6/c1-3-4-9-25-33-26-27(21-7-5-6-8-22(21)32-30(26)31)35(25)15-20-12-10-19(11-13-20)14-34(18(2)37)16-23(38)28(40)29(41)24(39)17-36/h5-8,10-13,23-24,28-29,36,38-41H,3-4,9,14-17H2,1-2H3,(H2,31,32)/t23-,24?,28+,29-/m1/s1. The zero-order chi connectivity index (χ0) is 29.7. The molecule has 0 bridgehead atoms. The molecule has 0 saturated carbocycles. The van der Waals surface area contributed by atoms with Crippen molar-refractivity contribution < 1.29 is 30.3 Å². The molecular weight excluding hydrogens is 526 g/mol. The number of carbonyl (C=O) groups excluding carboxylic acids is 1. The first-order valence-electron chi connectivity index (χ1n) is 13.8. The lowest BCUT2D eigenvalue weighted by Crippen LogP contribution is -2.50. The molecule has 11 nitrogen and oxygen atoms in total. The maximum absolute atomic E-state index is 12.3. The average molecular weight is 566 g/mol. The van der Waals surface area contributed by atoms with Crippen molar-refractivity contribution in [3.05, 3.63) is 65.5 Å². The van der Waals surface area contributed by atoms with Gasteiger partial charge in [-0.25, -0.2) is 9.97 Å². The summed E-state index contributed by atoms with van der Waals surface area (Å²) in [6.07, 6.45) is -3.80. The Morgan fingerprint density at radius 3 is 2.29 bits per heavy atom. The number of hydrogen-bond acceptors (Lipinski definition) is 9. The number of para-hydroxylation sites is 1. The molecule has 4 rings (SSSR count). The van der Waals surface area contributed by atoms with Crippen LogP contribution in [0.4, 0.5) is 5.82 Å². The van der Waals surface area contributed by atoms with Crippen LogP contribution >= 0.6 is 0 Å². The Morgan fingerprint density at radius 1 is 0.976 bits per heavy atom. The minimum Gasteiger partial charge on any atom is -0.394 e. The molecule has 11 heteroatoms. The normalized spacial score (nSPS) is 14.7. The molecule has 4 aromatic rings. The molecule has 220 valence electrons. The monoisotopic (exact) mass is 565 g/mol. The van der Waals surface area contributed by atoms with Gasteiger partial charge in [-0.15, -0.1) is 0 Å². The van der Waals surface area contributed by atoms with Gasteiger partial charge in [0.05, 0.1) is 17.6 Å². The molecule has 0 aliphatic rings. The highest BCUT2D eigenvalue weighted by atomic mass is 16.4. The van der Waals surface area contributed by atoms with Gasteiger partial charge in [-0.05, 0) is 23.6 Å². The van der Waals surface area contributed by atoms with E-state index >= 15 is 0 Å². The Morgan fingerprint density at radius 2 is 1.63 bits per heavy atom. The number of hydrogen-bond donors (Lipinski definition) is 6. The maximum Gasteiger partial charge on any atom is 0.219 e. The van der Waals surface area contributed by atoms with Crippen molar-refractivity contribution in [3.8, 4) is 0 Å². The van der Waals surface area contributed by atoms with E-state index < -0.39 is 31.0 Å². The predicted molar refractivity (Wildman–Crippen MR) is 156 cm³/mol. The second kappa shape index (κ2) is 13.4. The SMILES string of the molecule is CCCCc1nc2c(N)nc3ccccc3c2n1Cc1ccc(CN(C[C@@H](O)[C@H](O)[C@H](O)C(O)CO)C(C)=O)cc1. The minimum atomic E-state index is -1.76. The van der Waals surface area contributed by atoms with Crippen LogP contribution in [0.2, 0.25) is 0 Å². The summed E-state index contributed by atoms with van der Waals surface area (Å²) in [6, 6.07) is 15.6. The van der Waals surface area contributed by atoms with Crippen LogP contribution < -0.4 is 5.73 Å². The first-order valence-corrected chi connectivity index (χ1v) is 13.8. The first kappa shape index (κ1) is 30.4. The number of aromatic nitrogens is 3. The number of amides is 1. The number of imidazole rings is 1. The predicted octanol–water partition coefficient (Wildman–Crippen LogP) is 1.34. The van der Waals surface area contributed by atoms with E-state index in [1.54, 1.807) is 0 Å². The van der Waals surface area contributed by atoms with Crippen molar-refractivity contribution in [2.24, 2.45) is 0 Å². The van der Waals surface area contributed by atoms with Crippen LogP contribution in [0.15, 0.2) is 48.5 Å². The van der Waals surface area contributed by atoms with Crippen LogP contribution in [0.1, 0.15) is 43.6 Å². The summed E-state index contributed by atoms with van der Waals surface area (Å²) < 4.78 is 2.20. The first-order chi connectivity index (χ1) is 19.6. The van der Waals surface area contributed by atoms with Crippen LogP contribution in [0.5, 0.6) is 0 Å². The molecule has 0 aliphatic carbocycles. The van der Waals surface area contributed by atoms with Gasteiger partial charge in [0.25, 0.3) is 0 Å². The molecule has 7 N–H and O–H groups in total. The zero-order valence-electron chi connectivity index (χ0n) is 23.4. The van der Waals surface area contributed by atoms with Crippen molar-refractivity contribution in [1.82, 2.24) is 19.4 Å². The topological polar surface area (TPSA) is 178 Å². The highest BCUT2D eigenvalue weighted by Gasteiger charge is 2.31. The number of aliphatic hydroxyl groups is 5. The number of benzene rings is 2. The summed E-state index contributed by atoms with van der Waals surface area (Å²) in [5.74, 6) is 1.01. The van der Waals surface area contributed by atoms with Crippen molar-refractivity contribution in [2.75, 3.05) is 18.9 Å². The third kappa shape index (κ3) is 6.83. The second-order valence-electron chi connectivity index (χ2n) is 10.4. The Kier molecular flexibility index (Phi) is 9.90. The lowest BCUT2D eigenvalue weighted by molar-refractivity contribution is -0.138. The smallest absolute Gasteiger partial charge is 0.219 e. The molecule has 0 fully saturated rings. The summed E-state index contributed by atoms with van der Waals surface area (Å²) in [5, 5.41) is 49.9. The van der Waals surface area contributed by atoms with Crippen molar-refractivity contribution >= 4 is 33.7 Å². The number of aryl methyl sites for hydroxylation is 1. The summed E-state index contributed by atoms with van der Waals surface area (Å²) in [7, 11) is 0. The van der Waals surface area contributed by atoms with E-state index in [2.05, 4.69) is 16.5 Å². The second-order valence-corrected chi connectivity index (χ2v) is 10.4. The number of anilines is 1. The fourth-order valence-electron chi connectivity index (χ4n) is 4.96. The van der Waals surface area contributed by atoms with Gasteiger partial charge in [0, 0.05) is 38.4 Å². The van der Waals surface area contributed by atoms with Gasteiger partial charge in [0.2, 0.25) is 5.91 Å². The van der Waals surface area contributed by atoms with Gasteiger partial charge >= 0.3 is 0 Å². The number of carbonyl (C=O) groups is 1. The lowest BCUT2D eigenvalue weighted by atomic mass is 10.0. The lowest BCUT2D eigenvalue weighted by Gasteiger charge is -2.30. The summed E-state index contributed by atoms with van der Waals surface area (Å²) in [4.78, 5) is 23.1. The number of fused-ring (bicyclic) bond motifs is 3. The van der Waals surface area contributed by atoms with E-state index in [-0.39, 0.29) is 19.0 Å². The largest absolute Gasteiger partial charge is 0.394 e. The Hall–Kier alpha value is -3.61. The van der Waals surface area contributed by atoms with Crippen LogP contribution in [-0.4, -0.2) is 88.4 Å². The van der Waals surface area contributed by atoms with Gasteiger partial charge in [-0.1, -0.05) is 55.8 Å². The Bertz CT molecular complexity index is 1470. The average Bonchev–Trinajstić information content (AvgIpc) is 3.34. The molecule has 2 aromatic carbocycles. The summed E-state index contributed by atoms with van der Waals surface area (Å²) in [6.45, 7) is 3.18.